The molecule has 0 aromatic heterocycles. The Kier molecular flexibility index (Phi) is 7.30. The second-order valence-electron chi connectivity index (χ2n) is 4.28. The van der Waals surface area contributed by atoms with Crippen molar-refractivity contribution in [2.75, 3.05) is 19.1 Å². The van der Waals surface area contributed by atoms with Gasteiger partial charge in [-0.25, -0.2) is 0 Å². The SMILES string of the molecule is CS(=O)(=O)O.CS(=O)(=O)OC1CCCC1CCO. The Morgan fingerprint density at radius 2 is 1.67 bits per heavy atom. The molecule has 0 aromatic rings. The Morgan fingerprint density at radius 1 is 1.17 bits per heavy atom. The van der Waals surface area contributed by atoms with Gasteiger partial charge in [0.25, 0.3) is 20.2 Å². The van der Waals surface area contributed by atoms with Crippen molar-refractivity contribution in [3.05, 3.63) is 0 Å². The molecule has 9 heteroatoms. The summed E-state index contributed by atoms with van der Waals surface area (Å²) in [5.41, 5.74) is 0. The van der Waals surface area contributed by atoms with Gasteiger partial charge < -0.3 is 5.11 Å². The molecule has 0 heterocycles. The van der Waals surface area contributed by atoms with Gasteiger partial charge in [-0.2, -0.15) is 16.8 Å². The first-order valence-corrected chi connectivity index (χ1v) is 9.11. The first kappa shape index (κ1) is 17.8. The van der Waals surface area contributed by atoms with Crippen LogP contribution >= 0.6 is 0 Å². The largest absolute Gasteiger partial charge is 0.396 e. The Bertz CT molecular complexity index is 418. The molecular weight excluding hydrogens is 284 g/mol. The van der Waals surface area contributed by atoms with Crippen LogP contribution in [0.15, 0.2) is 0 Å². The van der Waals surface area contributed by atoms with Crippen LogP contribution in [0.2, 0.25) is 0 Å². The number of hydrogen-bond acceptors (Lipinski definition) is 6. The lowest BCUT2D eigenvalue weighted by Crippen LogP contribution is -2.22. The van der Waals surface area contributed by atoms with Gasteiger partial charge in [-0.3, -0.25) is 8.74 Å². The highest BCUT2D eigenvalue weighted by atomic mass is 32.2. The summed E-state index contributed by atoms with van der Waals surface area (Å²) in [5.74, 6) is 0.208. The van der Waals surface area contributed by atoms with Gasteiger partial charge in [-0.15, -0.1) is 0 Å². The van der Waals surface area contributed by atoms with E-state index >= 15 is 0 Å². The zero-order valence-corrected chi connectivity index (χ0v) is 12.1. The number of hydrogen-bond donors (Lipinski definition) is 2. The summed E-state index contributed by atoms with van der Waals surface area (Å²) in [7, 11) is -7.01. The summed E-state index contributed by atoms with van der Waals surface area (Å²) < 4.78 is 52.5. The van der Waals surface area contributed by atoms with Crippen LogP contribution in [0.1, 0.15) is 25.7 Å². The van der Waals surface area contributed by atoms with E-state index in [0.717, 1.165) is 25.5 Å². The molecule has 7 nitrogen and oxygen atoms in total. The predicted octanol–water partition coefficient (Wildman–Crippen LogP) is 0.0177. The van der Waals surface area contributed by atoms with Gasteiger partial charge in [0.2, 0.25) is 0 Å². The third-order valence-corrected chi connectivity index (χ3v) is 2.98. The standard InChI is InChI=1S/C8H16O4S.CH4O3S/c1-13(10,11)12-8-4-2-3-7(8)5-6-9;1-5(2,3)4/h7-9H,2-6H2,1H3;1H3,(H,2,3,4). The van der Waals surface area contributed by atoms with Crippen molar-refractivity contribution in [1.82, 2.24) is 0 Å². The Balaban J connectivity index is 0.000000494. The molecule has 2 N–H and O–H groups in total. The molecule has 1 aliphatic rings. The summed E-state index contributed by atoms with van der Waals surface area (Å²) >= 11 is 0. The maximum absolute atomic E-state index is 10.9. The summed E-state index contributed by atoms with van der Waals surface area (Å²) in [5, 5.41) is 8.74. The topological polar surface area (TPSA) is 118 Å². The Labute approximate surface area is 108 Å². The van der Waals surface area contributed by atoms with E-state index in [1.54, 1.807) is 0 Å². The first-order chi connectivity index (χ1) is 8.03. The fraction of sp³-hybridized carbons (Fsp3) is 1.00. The highest BCUT2D eigenvalue weighted by molar-refractivity contribution is 7.86. The summed E-state index contributed by atoms with van der Waals surface area (Å²) in [6.07, 6.45) is 4.96. The van der Waals surface area contributed by atoms with E-state index in [1.165, 1.54) is 0 Å². The second-order valence-corrected chi connectivity index (χ2v) is 7.34. The van der Waals surface area contributed by atoms with Crippen LogP contribution < -0.4 is 0 Å². The van der Waals surface area contributed by atoms with Crippen LogP contribution in [0, 0.1) is 5.92 Å². The van der Waals surface area contributed by atoms with Crippen molar-refractivity contribution in [1.29, 1.82) is 0 Å². The van der Waals surface area contributed by atoms with E-state index < -0.39 is 20.2 Å². The van der Waals surface area contributed by atoms with E-state index in [-0.39, 0.29) is 18.6 Å². The molecule has 0 bridgehead atoms. The van der Waals surface area contributed by atoms with Crippen LogP contribution in [-0.4, -0.2) is 51.7 Å². The molecule has 0 amide bonds. The molecule has 0 saturated heterocycles. The van der Waals surface area contributed by atoms with Crippen LogP contribution in [0.4, 0.5) is 0 Å². The summed E-state index contributed by atoms with van der Waals surface area (Å²) in [4.78, 5) is 0. The molecule has 1 aliphatic carbocycles. The highest BCUT2D eigenvalue weighted by Crippen LogP contribution is 2.31. The predicted molar refractivity (Wildman–Crippen MR) is 66.2 cm³/mol. The molecule has 0 radical (unpaired) electrons. The van der Waals surface area contributed by atoms with Crippen molar-refractivity contribution in [2.24, 2.45) is 5.92 Å². The molecular formula is C9H20O7S2. The highest BCUT2D eigenvalue weighted by Gasteiger charge is 2.30. The van der Waals surface area contributed by atoms with E-state index in [1.807, 2.05) is 0 Å². The van der Waals surface area contributed by atoms with Crippen LogP contribution in [0.3, 0.4) is 0 Å². The lowest BCUT2D eigenvalue weighted by molar-refractivity contribution is 0.142. The van der Waals surface area contributed by atoms with E-state index in [0.29, 0.717) is 12.7 Å². The smallest absolute Gasteiger partial charge is 0.264 e. The van der Waals surface area contributed by atoms with Crippen LogP contribution in [-0.2, 0) is 24.4 Å². The lowest BCUT2D eigenvalue weighted by Gasteiger charge is -2.17. The number of aliphatic hydroxyl groups excluding tert-OH is 1. The molecule has 18 heavy (non-hydrogen) atoms. The average Bonchev–Trinajstić information content (AvgIpc) is 2.47. The van der Waals surface area contributed by atoms with Gasteiger partial charge in [-0.1, -0.05) is 6.42 Å². The van der Waals surface area contributed by atoms with E-state index in [2.05, 4.69) is 0 Å². The van der Waals surface area contributed by atoms with Crippen molar-refractivity contribution in [3.63, 3.8) is 0 Å². The molecule has 2 atom stereocenters. The minimum absolute atomic E-state index is 0.105. The summed E-state index contributed by atoms with van der Waals surface area (Å²) in [6.45, 7) is 0.105. The lowest BCUT2D eigenvalue weighted by atomic mass is 10.0. The minimum Gasteiger partial charge on any atom is -0.396 e. The van der Waals surface area contributed by atoms with Gasteiger partial charge in [0.15, 0.2) is 0 Å². The van der Waals surface area contributed by atoms with Gasteiger partial charge in [0.05, 0.1) is 18.6 Å². The zero-order chi connectivity index (χ0) is 14.4. The van der Waals surface area contributed by atoms with Crippen molar-refractivity contribution in [2.45, 2.75) is 31.8 Å². The van der Waals surface area contributed by atoms with Crippen molar-refractivity contribution in [3.8, 4) is 0 Å². The molecule has 1 saturated carbocycles. The van der Waals surface area contributed by atoms with Gasteiger partial charge in [0.1, 0.15) is 0 Å². The normalized spacial score (nSPS) is 24.4. The third-order valence-electron chi connectivity index (χ3n) is 2.39. The van der Waals surface area contributed by atoms with Crippen LogP contribution in [0.25, 0.3) is 0 Å². The van der Waals surface area contributed by atoms with Gasteiger partial charge in [0, 0.05) is 6.61 Å². The summed E-state index contributed by atoms with van der Waals surface area (Å²) in [6, 6.07) is 0. The monoisotopic (exact) mass is 304 g/mol. The molecule has 1 rings (SSSR count). The fourth-order valence-corrected chi connectivity index (χ4v) is 2.55. The average molecular weight is 304 g/mol. The number of aliphatic hydroxyl groups is 1. The molecule has 0 aromatic carbocycles. The van der Waals surface area contributed by atoms with E-state index in [4.69, 9.17) is 13.8 Å². The molecule has 110 valence electrons. The third kappa shape index (κ3) is 10.9. The number of rotatable bonds is 4. The molecule has 2 unspecified atom stereocenters. The fourth-order valence-electron chi connectivity index (χ4n) is 1.85. The maximum Gasteiger partial charge on any atom is 0.264 e. The van der Waals surface area contributed by atoms with Crippen molar-refractivity contribution < 1.29 is 30.7 Å². The quantitative estimate of drug-likeness (QED) is 0.555. The Morgan fingerprint density at radius 3 is 2.06 bits per heavy atom. The molecule has 0 spiro atoms. The second kappa shape index (κ2) is 7.39. The van der Waals surface area contributed by atoms with Gasteiger partial charge >= 0.3 is 0 Å². The van der Waals surface area contributed by atoms with Crippen LogP contribution in [0.5, 0.6) is 0 Å². The van der Waals surface area contributed by atoms with E-state index in [9.17, 15) is 16.8 Å². The molecule has 1 fully saturated rings. The van der Waals surface area contributed by atoms with Crippen molar-refractivity contribution >= 4 is 20.2 Å². The minimum atomic E-state index is -3.67. The first-order valence-electron chi connectivity index (χ1n) is 5.44. The molecule has 0 aliphatic heterocycles. The van der Waals surface area contributed by atoms with Gasteiger partial charge in [-0.05, 0) is 25.2 Å². The Hall–Kier alpha value is -0.220. The zero-order valence-electron chi connectivity index (χ0n) is 10.4. The maximum atomic E-state index is 10.9.